The fourth-order valence-electron chi connectivity index (χ4n) is 2.64. The van der Waals surface area contributed by atoms with Gasteiger partial charge in [-0.15, -0.1) is 0 Å². The number of methoxy groups -OCH3 is 1. The average molecular weight is 337 g/mol. The summed E-state index contributed by atoms with van der Waals surface area (Å²) < 4.78 is 11.5. The van der Waals surface area contributed by atoms with Crippen molar-refractivity contribution < 1.29 is 9.15 Å². The Bertz CT molecular complexity index is 1140. The number of aromatic nitrogens is 2. The molecule has 0 amide bonds. The second-order valence-electron chi connectivity index (χ2n) is 5.61. The molecule has 0 aliphatic carbocycles. The molecule has 0 saturated heterocycles. The highest BCUT2D eigenvalue weighted by atomic mass is 16.5. The summed E-state index contributed by atoms with van der Waals surface area (Å²) in [6, 6.07) is 8.35. The van der Waals surface area contributed by atoms with Gasteiger partial charge in [-0.1, -0.05) is 0 Å². The predicted octanol–water partition coefficient (Wildman–Crippen LogP) is 1.90. The molecule has 7 nitrogen and oxygen atoms in total. The van der Waals surface area contributed by atoms with E-state index in [1.807, 2.05) is 6.07 Å². The van der Waals surface area contributed by atoms with Gasteiger partial charge in [0.1, 0.15) is 23.0 Å². The summed E-state index contributed by atoms with van der Waals surface area (Å²) in [5, 5.41) is 14.1. The van der Waals surface area contributed by atoms with Crippen LogP contribution in [0.1, 0.15) is 22.4 Å². The summed E-state index contributed by atoms with van der Waals surface area (Å²) in [6.07, 6.45) is 0. The summed E-state index contributed by atoms with van der Waals surface area (Å²) >= 11 is 0. The van der Waals surface area contributed by atoms with E-state index in [4.69, 9.17) is 9.15 Å². The van der Waals surface area contributed by atoms with Crippen LogP contribution in [0.15, 0.2) is 38.3 Å². The molecule has 7 heteroatoms. The minimum absolute atomic E-state index is 0.0569. The van der Waals surface area contributed by atoms with Crippen molar-refractivity contribution in [3.05, 3.63) is 67.4 Å². The molecule has 3 aromatic rings. The Hall–Kier alpha value is -3.40. The first-order chi connectivity index (χ1) is 11.9. The first kappa shape index (κ1) is 16.5. The highest BCUT2D eigenvalue weighted by Gasteiger charge is 2.14. The second-order valence-corrected chi connectivity index (χ2v) is 5.61. The van der Waals surface area contributed by atoms with Gasteiger partial charge in [-0.05, 0) is 37.1 Å². The van der Waals surface area contributed by atoms with E-state index in [0.717, 1.165) is 0 Å². The maximum Gasteiger partial charge on any atom is 0.336 e. The maximum atomic E-state index is 12.5. The lowest BCUT2D eigenvalue weighted by molar-refractivity contribution is 0.414. The third-order valence-corrected chi connectivity index (χ3v) is 4.11. The Morgan fingerprint density at radius 2 is 2.04 bits per heavy atom. The molecule has 0 unspecified atom stereocenters. The van der Waals surface area contributed by atoms with E-state index in [1.165, 1.54) is 17.9 Å². The minimum Gasteiger partial charge on any atom is -0.497 e. The third-order valence-electron chi connectivity index (χ3n) is 4.11. The molecule has 3 rings (SSSR count). The summed E-state index contributed by atoms with van der Waals surface area (Å²) in [5.74, 6) is 0.557. The first-order valence-corrected chi connectivity index (χ1v) is 7.53. The summed E-state index contributed by atoms with van der Waals surface area (Å²) in [5.41, 5.74) is 1.13. The molecule has 126 valence electrons. The SMILES string of the molecule is COc1ccc2c(Cn3nc(C)c(C)c(C#N)c3=O)cc(=O)oc2c1. The molecule has 0 aliphatic heterocycles. The number of benzene rings is 1. The molecule has 2 aromatic heterocycles. The van der Waals surface area contributed by atoms with E-state index >= 15 is 0 Å². The van der Waals surface area contributed by atoms with Crippen molar-refractivity contribution in [3.8, 4) is 11.8 Å². The monoisotopic (exact) mass is 337 g/mol. The highest BCUT2D eigenvalue weighted by Crippen LogP contribution is 2.22. The van der Waals surface area contributed by atoms with E-state index in [0.29, 0.717) is 33.5 Å². The van der Waals surface area contributed by atoms with Crippen molar-refractivity contribution in [1.82, 2.24) is 9.78 Å². The number of fused-ring (bicyclic) bond motifs is 1. The predicted molar refractivity (Wildman–Crippen MR) is 90.8 cm³/mol. The van der Waals surface area contributed by atoms with E-state index in [9.17, 15) is 14.9 Å². The maximum absolute atomic E-state index is 12.5. The van der Waals surface area contributed by atoms with Crippen LogP contribution >= 0.6 is 0 Å². The number of hydrogen-bond acceptors (Lipinski definition) is 6. The largest absolute Gasteiger partial charge is 0.497 e. The van der Waals surface area contributed by atoms with Gasteiger partial charge in [-0.25, -0.2) is 9.48 Å². The summed E-state index contributed by atoms with van der Waals surface area (Å²) in [7, 11) is 1.52. The average Bonchev–Trinajstić information content (AvgIpc) is 2.59. The molecule has 0 spiro atoms. The molecule has 0 saturated carbocycles. The van der Waals surface area contributed by atoms with Crippen LogP contribution in [0.25, 0.3) is 11.0 Å². The van der Waals surface area contributed by atoms with Gasteiger partial charge in [0.2, 0.25) is 0 Å². The molecule has 1 aromatic carbocycles. The number of aryl methyl sites for hydroxylation is 1. The second kappa shape index (κ2) is 6.24. The van der Waals surface area contributed by atoms with Crippen LogP contribution in [0.5, 0.6) is 5.75 Å². The lowest BCUT2D eigenvalue weighted by Crippen LogP contribution is -2.28. The zero-order chi connectivity index (χ0) is 18.1. The molecule has 0 aliphatic rings. The fraction of sp³-hybridized carbons (Fsp3) is 0.222. The van der Waals surface area contributed by atoms with Crippen molar-refractivity contribution in [2.75, 3.05) is 7.11 Å². The van der Waals surface area contributed by atoms with Crippen molar-refractivity contribution in [2.45, 2.75) is 20.4 Å². The Balaban J connectivity index is 2.20. The van der Waals surface area contributed by atoms with Gasteiger partial charge in [-0.2, -0.15) is 10.4 Å². The number of nitrogens with zero attached hydrogens (tertiary/aromatic N) is 3. The summed E-state index contributed by atoms with van der Waals surface area (Å²) in [4.78, 5) is 24.3. The van der Waals surface area contributed by atoms with Gasteiger partial charge >= 0.3 is 5.63 Å². The summed E-state index contributed by atoms with van der Waals surface area (Å²) in [6.45, 7) is 3.48. The number of rotatable bonds is 3. The topological polar surface area (TPSA) is 98.1 Å². The van der Waals surface area contributed by atoms with Gasteiger partial charge in [0.15, 0.2) is 0 Å². The van der Waals surface area contributed by atoms with Crippen molar-refractivity contribution >= 4 is 11.0 Å². The van der Waals surface area contributed by atoms with Crippen LogP contribution in [-0.2, 0) is 6.54 Å². The third kappa shape index (κ3) is 2.90. The molecule has 0 fully saturated rings. The smallest absolute Gasteiger partial charge is 0.336 e. The Labute approximate surface area is 142 Å². The van der Waals surface area contributed by atoms with Crippen molar-refractivity contribution in [1.29, 1.82) is 5.26 Å². The lowest BCUT2D eigenvalue weighted by Gasteiger charge is -2.11. The molecule has 25 heavy (non-hydrogen) atoms. The van der Waals surface area contributed by atoms with Crippen LogP contribution in [0.2, 0.25) is 0 Å². The van der Waals surface area contributed by atoms with Gasteiger partial charge in [0.25, 0.3) is 5.56 Å². The quantitative estimate of drug-likeness (QED) is 0.677. The van der Waals surface area contributed by atoms with Crippen molar-refractivity contribution in [3.63, 3.8) is 0 Å². The van der Waals surface area contributed by atoms with Crippen LogP contribution in [0.3, 0.4) is 0 Å². The molecule has 2 heterocycles. The molecular formula is C18H15N3O4. The molecule has 0 bridgehead atoms. The lowest BCUT2D eigenvalue weighted by atomic mass is 10.1. The van der Waals surface area contributed by atoms with Gasteiger partial charge in [0.05, 0.1) is 19.3 Å². The standard InChI is InChI=1S/C18H15N3O4/c1-10-11(2)20-21(18(23)15(10)8-19)9-12-6-17(22)25-16-7-13(24-3)4-5-14(12)16/h4-7H,9H2,1-3H3. The molecule has 0 atom stereocenters. The molecule has 0 radical (unpaired) electrons. The number of nitriles is 1. The van der Waals surface area contributed by atoms with Crippen LogP contribution in [0.4, 0.5) is 0 Å². The highest BCUT2D eigenvalue weighted by molar-refractivity contribution is 5.81. The van der Waals surface area contributed by atoms with Crippen LogP contribution in [0, 0.1) is 25.2 Å². The van der Waals surface area contributed by atoms with Gasteiger partial charge in [-0.3, -0.25) is 4.79 Å². The number of ether oxygens (including phenoxy) is 1. The fourth-order valence-corrected chi connectivity index (χ4v) is 2.64. The van der Waals surface area contributed by atoms with Crippen molar-refractivity contribution in [2.24, 2.45) is 0 Å². The Morgan fingerprint density at radius 1 is 1.28 bits per heavy atom. The zero-order valence-corrected chi connectivity index (χ0v) is 14.0. The van der Waals surface area contributed by atoms with E-state index < -0.39 is 11.2 Å². The molecular weight excluding hydrogens is 322 g/mol. The van der Waals surface area contributed by atoms with Crippen LogP contribution < -0.4 is 15.9 Å². The van der Waals surface area contributed by atoms with E-state index in [1.54, 1.807) is 32.0 Å². The van der Waals surface area contributed by atoms with Gasteiger partial charge < -0.3 is 9.15 Å². The Kier molecular flexibility index (Phi) is 4.11. The van der Waals surface area contributed by atoms with E-state index in [2.05, 4.69) is 5.10 Å². The molecule has 0 N–H and O–H groups in total. The normalized spacial score (nSPS) is 10.6. The Morgan fingerprint density at radius 3 is 2.72 bits per heavy atom. The van der Waals surface area contributed by atoms with E-state index in [-0.39, 0.29) is 12.1 Å². The van der Waals surface area contributed by atoms with Gasteiger partial charge in [0, 0.05) is 17.5 Å². The first-order valence-electron chi connectivity index (χ1n) is 7.53. The van der Waals surface area contributed by atoms with Crippen LogP contribution in [-0.4, -0.2) is 16.9 Å². The zero-order valence-electron chi connectivity index (χ0n) is 14.0. The number of hydrogen-bond donors (Lipinski definition) is 0. The minimum atomic E-state index is -0.534.